The van der Waals surface area contributed by atoms with Gasteiger partial charge in [-0.05, 0) is 79.3 Å². The molecule has 0 saturated heterocycles. The number of ether oxygens (including phenoxy) is 2. The lowest BCUT2D eigenvalue weighted by atomic mass is 9.91. The molecule has 1 aliphatic carbocycles. The number of aliphatic hydroxyl groups is 1. The second kappa shape index (κ2) is 12.6. The number of fused-ring (bicyclic) bond motifs is 1. The Bertz CT molecular complexity index is 1640. The SMILES string of the molecule is OC(CN(c1cccc(Oc2ccccc2Oc2cccc3c2CCCC3)c1)c1cccc(C(F)(F)C(F)(F)F)c1)C(F)(F)F. The number of halogens is 8. The molecule has 0 saturated carbocycles. The van der Waals surface area contributed by atoms with Crippen molar-refractivity contribution in [2.45, 2.75) is 50.1 Å². The van der Waals surface area contributed by atoms with E-state index in [1.165, 1.54) is 29.8 Å². The minimum absolute atomic E-state index is 0.0706. The molecule has 1 aliphatic rings. The van der Waals surface area contributed by atoms with Crippen LogP contribution < -0.4 is 14.4 Å². The van der Waals surface area contributed by atoms with Gasteiger partial charge in [-0.1, -0.05) is 42.5 Å². The Hall–Kier alpha value is -4.32. The minimum Gasteiger partial charge on any atom is -0.453 e. The van der Waals surface area contributed by atoms with Crippen LogP contribution in [0.2, 0.25) is 0 Å². The average Bonchev–Trinajstić information content (AvgIpc) is 3.00. The Balaban J connectivity index is 1.48. The number of rotatable bonds is 9. The van der Waals surface area contributed by atoms with Crippen LogP contribution in [0.5, 0.6) is 23.0 Å². The third kappa shape index (κ3) is 7.16. The Morgan fingerprint density at radius 3 is 1.96 bits per heavy atom. The van der Waals surface area contributed by atoms with Crippen molar-refractivity contribution in [1.82, 2.24) is 0 Å². The van der Waals surface area contributed by atoms with E-state index in [2.05, 4.69) is 6.07 Å². The largest absolute Gasteiger partial charge is 0.458 e. The molecule has 1 N–H and O–H groups in total. The van der Waals surface area contributed by atoms with E-state index in [0.29, 0.717) is 23.6 Å². The summed E-state index contributed by atoms with van der Waals surface area (Å²) in [6.45, 7) is -1.20. The Labute approximate surface area is 253 Å². The first kappa shape index (κ1) is 32.1. The third-order valence-electron chi connectivity index (χ3n) is 7.39. The van der Waals surface area contributed by atoms with E-state index in [9.17, 15) is 40.2 Å². The highest BCUT2D eigenvalue weighted by Crippen LogP contribution is 2.45. The summed E-state index contributed by atoms with van der Waals surface area (Å²) >= 11 is 0. The standard InChI is InChI=1S/C33H27F8NO3/c34-31(35,33(39,40)41)22-10-6-11-23(18-22)42(20-30(43)32(36,37)38)24-12-7-13-25(19-24)44-28-15-3-4-16-29(28)45-27-17-5-9-21-8-1-2-14-26(21)27/h3-7,9-13,15-19,30,43H,1-2,8,14,20H2. The Morgan fingerprint density at radius 1 is 0.667 bits per heavy atom. The molecule has 1 unspecified atom stereocenters. The average molecular weight is 638 g/mol. The van der Waals surface area contributed by atoms with Crippen LogP contribution >= 0.6 is 0 Å². The van der Waals surface area contributed by atoms with Crippen LogP contribution in [0, 0.1) is 0 Å². The van der Waals surface area contributed by atoms with Gasteiger partial charge in [0.25, 0.3) is 0 Å². The molecule has 0 fully saturated rings. The van der Waals surface area contributed by atoms with E-state index >= 15 is 0 Å². The van der Waals surface area contributed by atoms with Gasteiger partial charge in [0.1, 0.15) is 11.5 Å². The smallest absolute Gasteiger partial charge is 0.453 e. The van der Waals surface area contributed by atoms with E-state index < -0.39 is 42.2 Å². The molecule has 238 valence electrons. The van der Waals surface area contributed by atoms with Gasteiger partial charge < -0.3 is 19.5 Å². The molecular weight excluding hydrogens is 610 g/mol. The number of hydrogen-bond donors (Lipinski definition) is 1. The summed E-state index contributed by atoms with van der Waals surface area (Å²) in [6, 6.07) is 20.9. The highest BCUT2D eigenvalue weighted by molar-refractivity contribution is 5.66. The summed E-state index contributed by atoms with van der Waals surface area (Å²) in [5.41, 5.74) is 0.314. The molecule has 5 rings (SSSR count). The number of benzene rings is 4. The lowest BCUT2D eigenvalue weighted by Crippen LogP contribution is -2.39. The van der Waals surface area contributed by atoms with Gasteiger partial charge in [0.05, 0.1) is 6.54 Å². The molecule has 0 aliphatic heterocycles. The van der Waals surface area contributed by atoms with Crippen LogP contribution in [0.4, 0.5) is 46.5 Å². The molecule has 4 nitrogen and oxygen atoms in total. The fourth-order valence-corrected chi connectivity index (χ4v) is 5.09. The van der Waals surface area contributed by atoms with Gasteiger partial charge >= 0.3 is 18.3 Å². The van der Waals surface area contributed by atoms with Crippen molar-refractivity contribution in [2.75, 3.05) is 11.4 Å². The van der Waals surface area contributed by atoms with Gasteiger partial charge in [-0.25, -0.2) is 0 Å². The second-order valence-electron chi connectivity index (χ2n) is 10.5. The molecule has 0 spiro atoms. The van der Waals surface area contributed by atoms with E-state index in [1.807, 2.05) is 12.1 Å². The van der Waals surface area contributed by atoms with Gasteiger partial charge in [-0.15, -0.1) is 0 Å². The van der Waals surface area contributed by atoms with Crippen LogP contribution in [-0.2, 0) is 18.8 Å². The van der Waals surface area contributed by atoms with Crippen molar-refractivity contribution in [3.8, 4) is 23.0 Å². The number of para-hydroxylation sites is 2. The predicted molar refractivity (Wildman–Crippen MR) is 152 cm³/mol. The Kier molecular flexibility index (Phi) is 8.97. The van der Waals surface area contributed by atoms with E-state index in [4.69, 9.17) is 9.47 Å². The number of aliphatic hydroxyl groups excluding tert-OH is 1. The highest BCUT2D eigenvalue weighted by atomic mass is 19.4. The van der Waals surface area contributed by atoms with E-state index in [1.54, 1.807) is 24.3 Å². The molecule has 0 amide bonds. The topological polar surface area (TPSA) is 41.9 Å². The molecule has 0 bridgehead atoms. The van der Waals surface area contributed by atoms with Crippen LogP contribution in [0.1, 0.15) is 29.5 Å². The third-order valence-corrected chi connectivity index (χ3v) is 7.39. The number of aryl methyl sites for hydroxylation is 1. The molecular formula is C33H27F8NO3. The van der Waals surface area contributed by atoms with Gasteiger partial charge in [-0.2, -0.15) is 35.1 Å². The van der Waals surface area contributed by atoms with Crippen molar-refractivity contribution in [3.63, 3.8) is 0 Å². The van der Waals surface area contributed by atoms with E-state index in [0.717, 1.165) is 48.3 Å². The summed E-state index contributed by atoms with van der Waals surface area (Å²) in [5.74, 6) is -3.89. The summed E-state index contributed by atoms with van der Waals surface area (Å²) in [4.78, 5) is 0.791. The van der Waals surface area contributed by atoms with Crippen LogP contribution in [0.25, 0.3) is 0 Å². The molecule has 1 atom stereocenters. The van der Waals surface area contributed by atoms with Gasteiger partial charge in [0, 0.05) is 23.0 Å². The first-order valence-electron chi connectivity index (χ1n) is 14.0. The maximum absolute atomic E-state index is 14.1. The van der Waals surface area contributed by atoms with Gasteiger partial charge in [0.15, 0.2) is 17.6 Å². The lowest BCUT2D eigenvalue weighted by Gasteiger charge is -2.30. The monoisotopic (exact) mass is 637 g/mol. The lowest BCUT2D eigenvalue weighted by molar-refractivity contribution is -0.289. The first-order chi connectivity index (χ1) is 21.2. The summed E-state index contributed by atoms with van der Waals surface area (Å²) in [6.07, 6.45) is -10.1. The highest BCUT2D eigenvalue weighted by Gasteiger charge is 2.58. The van der Waals surface area contributed by atoms with Crippen molar-refractivity contribution < 1.29 is 49.7 Å². The number of anilines is 2. The van der Waals surface area contributed by atoms with Crippen molar-refractivity contribution in [1.29, 1.82) is 0 Å². The van der Waals surface area contributed by atoms with Crippen molar-refractivity contribution in [3.05, 3.63) is 108 Å². The molecule has 12 heteroatoms. The van der Waals surface area contributed by atoms with Crippen molar-refractivity contribution >= 4 is 11.4 Å². The van der Waals surface area contributed by atoms with Crippen LogP contribution in [0.3, 0.4) is 0 Å². The maximum atomic E-state index is 14.1. The molecule has 4 aromatic rings. The zero-order chi connectivity index (χ0) is 32.4. The molecule has 0 heterocycles. The number of nitrogens with zero attached hydrogens (tertiary/aromatic N) is 1. The zero-order valence-corrected chi connectivity index (χ0v) is 23.5. The fourth-order valence-electron chi connectivity index (χ4n) is 5.09. The summed E-state index contributed by atoms with van der Waals surface area (Å²) < 4.78 is 120. The minimum atomic E-state index is -5.94. The van der Waals surface area contributed by atoms with Crippen LogP contribution in [0.15, 0.2) is 91.0 Å². The maximum Gasteiger partial charge on any atom is 0.458 e. The fraction of sp³-hybridized carbons (Fsp3) is 0.273. The van der Waals surface area contributed by atoms with Crippen molar-refractivity contribution in [2.24, 2.45) is 0 Å². The predicted octanol–water partition coefficient (Wildman–Crippen LogP) is 9.87. The summed E-state index contributed by atoms with van der Waals surface area (Å²) in [5, 5.41) is 9.86. The number of alkyl halides is 8. The van der Waals surface area contributed by atoms with Crippen LogP contribution in [-0.4, -0.2) is 30.1 Å². The molecule has 4 aromatic carbocycles. The number of hydrogen-bond acceptors (Lipinski definition) is 4. The van der Waals surface area contributed by atoms with E-state index in [-0.39, 0.29) is 17.2 Å². The van der Waals surface area contributed by atoms with Gasteiger partial charge in [-0.3, -0.25) is 0 Å². The second-order valence-corrected chi connectivity index (χ2v) is 10.5. The Morgan fingerprint density at radius 2 is 1.27 bits per heavy atom. The molecule has 0 radical (unpaired) electrons. The van der Waals surface area contributed by atoms with Gasteiger partial charge in [0.2, 0.25) is 0 Å². The first-order valence-corrected chi connectivity index (χ1v) is 14.0. The molecule has 0 aromatic heterocycles. The molecule has 45 heavy (non-hydrogen) atoms. The summed E-state index contributed by atoms with van der Waals surface area (Å²) in [7, 11) is 0. The quantitative estimate of drug-likeness (QED) is 0.186. The normalized spacial score (nSPS) is 14.4. The zero-order valence-electron chi connectivity index (χ0n) is 23.5.